The molecule has 120 valence electrons. The molecule has 23 heavy (non-hydrogen) atoms. The first-order valence-corrected chi connectivity index (χ1v) is 9.04. The lowest BCUT2D eigenvalue weighted by Gasteiger charge is -2.14. The van der Waals surface area contributed by atoms with E-state index >= 15 is 0 Å². The van der Waals surface area contributed by atoms with Crippen molar-refractivity contribution in [1.82, 2.24) is 9.88 Å². The van der Waals surface area contributed by atoms with Crippen LogP contribution in [0, 0.1) is 0 Å². The van der Waals surface area contributed by atoms with Gasteiger partial charge >= 0.3 is 0 Å². The summed E-state index contributed by atoms with van der Waals surface area (Å²) in [5.41, 5.74) is 1.50. The van der Waals surface area contributed by atoms with E-state index in [4.69, 9.17) is 0 Å². The molecule has 0 unspecified atom stereocenters. The summed E-state index contributed by atoms with van der Waals surface area (Å²) in [5.74, 6) is -0.175. The number of sulfonamides is 1. The second-order valence-electron chi connectivity index (χ2n) is 5.65. The number of aromatic nitrogens is 1. The van der Waals surface area contributed by atoms with Gasteiger partial charge in [-0.3, -0.25) is 0 Å². The lowest BCUT2D eigenvalue weighted by molar-refractivity contribution is 0.413. The van der Waals surface area contributed by atoms with Gasteiger partial charge in [0.2, 0.25) is 10.0 Å². The molecular formula is C17H18N2O3S. The fraction of sp³-hybridized carbons (Fsp3) is 0.235. The average Bonchev–Trinajstić information content (AvgIpc) is 2.98. The molecule has 0 saturated carbocycles. The van der Waals surface area contributed by atoms with Gasteiger partial charge in [0.25, 0.3) is 0 Å². The first-order chi connectivity index (χ1) is 11.0. The van der Waals surface area contributed by atoms with E-state index in [-0.39, 0.29) is 11.8 Å². The van der Waals surface area contributed by atoms with E-state index in [2.05, 4.69) is 38.7 Å². The Morgan fingerprint density at radius 2 is 1.91 bits per heavy atom. The third-order valence-electron chi connectivity index (χ3n) is 3.57. The molecule has 0 amide bonds. The van der Waals surface area contributed by atoms with Crippen molar-refractivity contribution < 1.29 is 12.9 Å². The molecule has 3 aromatic rings. The van der Waals surface area contributed by atoms with Gasteiger partial charge in [0.05, 0.1) is 5.69 Å². The van der Waals surface area contributed by atoms with Gasteiger partial charge in [-0.05, 0) is 29.7 Å². The molecule has 0 aliphatic rings. The quantitative estimate of drug-likeness (QED) is 0.754. The molecule has 1 heterocycles. The summed E-state index contributed by atoms with van der Waals surface area (Å²) in [6, 6.07) is 15.6. The summed E-state index contributed by atoms with van der Waals surface area (Å²) in [5, 5.41) is 5.96. The molecular weight excluding hydrogens is 312 g/mol. The zero-order valence-corrected chi connectivity index (χ0v) is 13.6. The predicted molar refractivity (Wildman–Crippen MR) is 89.4 cm³/mol. The summed E-state index contributed by atoms with van der Waals surface area (Å²) < 4.78 is 31.6. The Morgan fingerprint density at radius 3 is 2.65 bits per heavy atom. The highest BCUT2D eigenvalue weighted by atomic mass is 32.2. The van der Waals surface area contributed by atoms with Gasteiger partial charge in [0.1, 0.15) is 12.0 Å². The zero-order valence-electron chi connectivity index (χ0n) is 12.8. The number of fused-ring (bicyclic) bond motifs is 1. The van der Waals surface area contributed by atoms with E-state index in [1.807, 2.05) is 25.1 Å². The fourth-order valence-electron chi connectivity index (χ4n) is 2.62. The highest BCUT2D eigenvalue weighted by Gasteiger charge is 2.17. The van der Waals surface area contributed by atoms with Gasteiger partial charge in [-0.15, -0.1) is 0 Å². The number of rotatable bonds is 6. The number of nitrogens with zero attached hydrogens (tertiary/aromatic N) is 1. The Morgan fingerprint density at radius 1 is 1.13 bits per heavy atom. The van der Waals surface area contributed by atoms with Crippen molar-refractivity contribution in [1.29, 1.82) is 0 Å². The fourth-order valence-corrected chi connectivity index (χ4v) is 3.93. The minimum atomic E-state index is -3.44. The summed E-state index contributed by atoms with van der Waals surface area (Å²) in [4.78, 5) is 0. The minimum absolute atomic E-state index is 0.175. The van der Waals surface area contributed by atoms with Crippen LogP contribution in [0.3, 0.4) is 0 Å². The Labute approximate surface area is 135 Å². The molecule has 1 N–H and O–H groups in total. The molecule has 5 nitrogen and oxygen atoms in total. The van der Waals surface area contributed by atoms with Crippen LogP contribution >= 0.6 is 0 Å². The summed E-state index contributed by atoms with van der Waals surface area (Å²) >= 11 is 0. The molecule has 0 aliphatic heterocycles. The van der Waals surface area contributed by atoms with Crippen LogP contribution < -0.4 is 4.72 Å². The molecule has 1 aromatic heterocycles. The van der Waals surface area contributed by atoms with Crippen LogP contribution in [0.1, 0.15) is 18.2 Å². The molecule has 6 heteroatoms. The maximum Gasteiger partial charge on any atom is 0.217 e. The Kier molecular flexibility index (Phi) is 4.45. The third kappa shape index (κ3) is 4.18. The Hall–Kier alpha value is -2.18. The van der Waals surface area contributed by atoms with Crippen LogP contribution in [0.25, 0.3) is 10.8 Å². The Bertz CT molecular complexity index is 889. The maximum absolute atomic E-state index is 12.1. The number of benzene rings is 2. The van der Waals surface area contributed by atoms with Gasteiger partial charge in [0, 0.05) is 12.1 Å². The van der Waals surface area contributed by atoms with E-state index in [9.17, 15) is 8.42 Å². The van der Waals surface area contributed by atoms with E-state index in [0.29, 0.717) is 12.1 Å². The molecule has 0 radical (unpaired) electrons. The van der Waals surface area contributed by atoms with Gasteiger partial charge < -0.3 is 4.52 Å². The third-order valence-corrected chi connectivity index (χ3v) is 5.00. The van der Waals surface area contributed by atoms with Crippen molar-refractivity contribution >= 4 is 20.8 Å². The normalized spacial score (nSPS) is 13.3. The smallest absolute Gasteiger partial charge is 0.217 e. The van der Waals surface area contributed by atoms with E-state index in [0.717, 1.165) is 10.9 Å². The average molecular weight is 330 g/mol. The molecule has 2 aromatic carbocycles. The van der Waals surface area contributed by atoms with E-state index in [1.54, 1.807) is 6.07 Å². The van der Waals surface area contributed by atoms with E-state index in [1.165, 1.54) is 11.6 Å². The van der Waals surface area contributed by atoms with Crippen molar-refractivity contribution in [3.63, 3.8) is 0 Å². The highest BCUT2D eigenvalue weighted by Crippen LogP contribution is 2.17. The first-order valence-electron chi connectivity index (χ1n) is 7.39. The van der Waals surface area contributed by atoms with Gasteiger partial charge in [-0.25, -0.2) is 13.1 Å². The number of hydrogen-bond donors (Lipinski definition) is 1. The largest absolute Gasteiger partial charge is 0.364 e. The SMILES string of the molecule is C[C@H](Cc1ccc2ccccc2c1)NS(=O)(=O)Cc1ccon1. The van der Waals surface area contributed by atoms with E-state index < -0.39 is 10.0 Å². The molecule has 1 atom stereocenters. The minimum Gasteiger partial charge on any atom is -0.364 e. The lowest BCUT2D eigenvalue weighted by atomic mass is 10.0. The Balaban J connectivity index is 1.66. The van der Waals surface area contributed by atoms with Crippen LogP contribution in [-0.4, -0.2) is 19.6 Å². The van der Waals surface area contributed by atoms with Crippen LogP contribution in [0.2, 0.25) is 0 Å². The van der Waals surface area contributed by atoms with Crippen molar-refractivity contribution in [2.24, 2.45) is 0 Å². The molecule has 0 aliphatic carbocycles. The zero-order chi connectivity index (χ0) is 16.3. The van der Waals surface area contributed by atoms with Crippen LogP contribution in [0.5, 0.6) is 0 Å². The van der Waals surface area contributed by atoms with Crippen molar-refractivity contribution in [3.8, 4) is 0 Å². The molecule has 0 fully saturated rings. The second-order valence-corrected chi connectivity index (χ2v) is 7.41. The first kappa shape index (κ1) is 15.7. The standard InChI is InChI=1S/C17H18N2O3S/c1-13(19-23(20,21)12-17-8-9-22-18-17)10-14-6-7-15-4-2-3-5-16(15)11-14/h2-9,11,13,19H,10,12H2,1H3/t13-/m1/s1. The monoisotopic (exact) mass is 330 g/mol. The molecule has 3 rings (SSSR count). The van der Waals surface area contributed by atoms with Crippen molar-refractivity contribution in [2.45, 2.75) is 25.1 Å². The second kappa shape index (κ2) is 6.52. The van der Waals surface area contributed by atoms with Crippen molar-refractivity contribution in [3.05, 3.63) is 66.1 Å². The summed E-state index contributed by atoms with van der Waals surface area (Å²) in [6.45, 7) is 1.86. The maximum atomic E-state index is 12.1. The summed E-state index contributed by atoms with van der Waals surface area (Å²) in [6.07, 6.45) is 1.99. The highest BCUT2D eigenvalue weighted by molar-refractivity contribution is 7.88. The van der Waals surface area contributed by atoms with Crippen LogP contribution in [0.4, 0.5) is 0 Å². The number of nitrogens with one attached hydrogen (secondary N) is 1. The van der Waals surface area contributed by atoms with Gasteiger partial charge in [0.15, 0.2) is 0 Å². The van der Waals surface area contributed by atoms with Gasteiger partial charge in [-0.2, -0.15) is 0 Å². The molecule has 0 saturated heterocycles. The lowest BCUT2D eigenvalue weighted by Crippen LogP contribution is -2.35. The summed E-state index contributed by atoms with van der Waals surface area (Å²) in [7, 11) is -3.44. The van der Waals surface area contributed by atoms with Gasteiger partial charge in [-0.1, -0.05) is 47.6 Å². The van der Waals surface area contributed by atoms with Crippen LogP contribution in [-0.2, 0) is 22.2 Å². The predicted octanol–water partition coefficient (Wildman–Crippen LogP) is 2.88. The van der Waals surface area contributed by atoms with Crippen LogP contribution in [0.15, 0.2) is 59.3 Å². The molecule has 0 spiro atoms. The van der Waals surface area contributed by atoms with Crippen molar-refractivity contribution in [2.75, 3.05) is 0 Å². The topological polar surface area (TPSA) is 72.2 Å². The molecule has 0 bridgehead atoms. The number of hydrogen-bond acceptors (Lipinski definition) is 4.